The van der Waals surface area contributed by atoms with Crippen molar-refractivity contribution in [3.63, 3.8) is 0 Å². The molecule has 0 bridgehead atoms. The van der Waals surface area contributed by atoms with Crippen LogP contribution >= 0.6 is 0 Å². The molecule has 1 aliphatic heterocycles. The highest BCUT2D eigenvalue weighted by Gasteiger charge is 2.30. The number of hydrazine groups is 1. The molecule has 1 fully saturated rings. The molecule has 6 heteroatoms. The first kappa shape index (κ1) is 14.0. The molecule has 6 nitrogen and oxygen atoms in total. The zero-order valence-corrected chi connectivity index (χ0v) is 11.4. The summed E-state index contributed by atoms with van der Waals surface area (Å²) in [4.78, 5) is 13.5. The van der Waals surface area contributed by atoms with Crippen LogP contribution in [-0.2, 0) is 16.1 Å². The first-order valence-electron chi connectivity index (χ1n) is 6.48. The van der Waals surface area contributed by atoms with Gasteiger partial charge in [-0.15, -0.1) is 0 Å². The van der Waals surface area contributed by atoms with Crippen LogP contribution in [0.5, 0.6) is 0 Å². The van der Waals surface area contributed by atoms with Gasteiger partial charge in [-0.2, -0.15) is 0 Å². The van der Waals surface area contributed by atoms with Crippen LogP contribution < -0.4 is 11.3 Å². The summed E-state index contributed by atoms with van der Waals surface area (Å²) >= 11 is 0. The third kappa shape index (κ3) is 3.79. The lowest BCUT2D eigenvalue weighted by atomic mass is 10.2. The topological polar surface area (TPSA) is 80.7 Å². The molecule has 1 aliphatic rings. The fourth-order valence-electron chi connectivity index (χ4n) is 2.37. The van der Waals surface area contributed by atoms with E-state index in [1.54, 1.807) is 0 Å². The van der Waals surface area contributed by atoms with Crippen LogP contribution in [-0.4, -0.2) is 36.6 Å². The average Bonchev–Trinajstić information content (AvgIpc) is 2.98. The van der Waals surface area contributed by atoms with Gasteiger partial charge < -0.3 is 9.15 Å². The van der Waals surface area contributed by atoms with E-state index in [0.29, 0.717) is 0 Å². The van der Waals surface area contributed by atoms with Crippen LogP contribution in [0.1, 0.15) is 24.4 Å². The molecule has 3 N–H and O–H groups in total. The molecule has 106 valence electrons. The quantitative estimate of drug-likeness (QED) is 0.463. The van der Waals surface area contributed by atoms with Crippen molar-refractivity contribution in [1.82, 2.24) is 10.3 Å². The number of hydrogen-bond donors (Lipinski definition) is 2. The van der Waals surface area contributed by atoms with Gasteiger partial charge in [-0.25, -0.2) is 5.84 Å². The van der Waals surface area contributed by atoms with E-state index in [4.69, 9.17) is 15.0 Å². The number of likely N-dealkylation sites (N-methyl/N-ethyl adjacent to an activating group) is 1. The summed E-state index contributed by atoms with van der Waals surface area (Å²) in [5.41, 5.74) is 2.13. The molecular weight excluding hydrogens is 246 g/mol. The van der Waals surface area contributed by atoms with Crippen molar-refractivity contribution in [3.05, 3.63) is 23.7 Å². The van der Waals surface area contributed by atoms with Gasteiger partial charge in [-0.05, 0) is 38.9 Å². The maximum absolute atomic E-state index is 11.3. The number of furan rings is 1. The van der Waals surface area contributed by atoms with Crippen LogP contribution in [0, 0.1) is 6.92 Å². The molecule has 1 amide bonds. The van der Waals surface area contributed by atoms with Crippen molar-refractivity contribution in [1.29, 1.82) is 0 Å². The van der Waals surface area contributed by atoms with Gasteiger partial charge in [0.1, 0.15) is 17.6 Å². The normalized spacial score (nSPS) is 22.9. The minimum absolute atomic E-state index is 0.0726. The number of carbonyl (C=O) groups is 1. The summed E-state index contributed by atoms with van der Waals surface area (Å²) in [6, 6.07) is 3.93. The molecule has 2 atom stereocenters. The number of nitrogens with zero attached hydrogens (tertiary/aromatic N) is 1. The first-order chi connectivity index (χ1) is 9.08. The predicted molar refractivity (Wildman–Crippen MR) is 70.0 cm³/mol. The second-order valence-electron chi connectivity index (χ2n) is 5.04. The van der Waals surface area contributed by atoms with Gasteiger partial charge in [-0.1, -0.05) is 0 Å². The van der Waals surface area contributed by atoms with Crippen LogP contribution in [0.15, 0.2) is 16.5 Å². The summed E-state index contributed by atoms with van der Waals surface area (Å²) < 4.78 is 11.2. The fourth-order valence-corrected chi connectivity index (χ4v) is 2.37. The predicted octanol–water partition coefficient (Wildman–Crippen LogP) is 0.557. The van der Waals surface area contributed by atoms with E-state index < -0.39 is 6.10 Å². The highest BCUT2D eigenvalue weighted by atomic mass is 16.5. The second kappa shape index (κ2) is 6.18. The number of nitrogens with one attached hydrogen (secondary N) is 1. The summed E-state index contributed by atoms with van der Waals surface area (Å²) in [5.74, 6) is 6.71. The Kier molecular flexibility index (Phi) is 4.57. The van der Waals surface area contributed by atoms with E-state index in [1.807, 2.05) is 26.1 Å². The molecule has 1 aromatic rings. The van der Waals surface area contributed by atoms with Gasteiger partial charge in [0.05, 0.1) is 12.6 Å². The summed E-state index contributed by atoms with van der Waals surface area (Å²) in [7, 11) is 2.01. The van der Waals surface area contributed by atoms with E-state index in [-0.39, 0.29) is 12.0 Å². The van der Waals surface area contributed by atoms with Gasteiger partial charge in [0.25, 0.3) is 5.91 Å². The van der Waals surface area contributed by atoms with Gasteiger partial charge in [-0.3, -0.25) is 15.1 Å². The van der Waals surface area contributed by atoms with E-state index in [1.165, 1.54) is 0 Å². The molecule has 0 saturated carbocycles. The fraction of sp³-hybridized carbons (Fsp3) is 0.615. The smallest absolute Gasteiger partial charge is 0.263 e. The minimum atomic E-state index is -0.408. The number of aryl methyl sites for hydroxylation is 1. The van der Waals surface area contributed by atoms with Crippen LogP contribution in [0.25, 0.3) is 0 Å². The third-order valence-electron chi connectivity index (χ3n) is 3.28. The maximum atomic E-state index is 11.3. The highest BCUT2D eigenvalue weighted by Crippen LogP contribution is 2.21. The molecule has 0 spiro atoms. The summed E-state index contributed by atoms with van der Waals surface area (Å²) in [6.07, 6.45) is 1.26. The monoisotopic (exact) mass is 267 g/mol. The van der Waals surface area contributed by atoms with Gasteiger partial charge in [0.2, 0.25) is 0 Å². The van der Waals surface area contributed by atoms with E-state index in [0.717, 1.165) is 37.5 Å². The Bertz CT molecular complexity index is 433. The largest absolute Gasteiger partial charge is 0.465 e. The molecule has 19 heavy (non-hydrogen) atoms. The molecule has 0 radical (unpaired) electrons. The Labute approximate surface area is 112 Å². The van der Waals surface area contributed by atoms with Gasteiger partial charge in [0.15, 0.2) is 0 Å². The highest BCUT2D eigenvalue weighted by molar-refractivity contribution is 5.80. The SMILES string of the molecule is Cc1ccc(CN(C)CC2CCC(C(=O)NN)O2)o1. The van der Waals surface area contributed by atoms with E-state index in [9.17, 15) is 4.79 Å². The molecular formula is C13H21N3O3. The van der Waals surface area contributed by atoms with Gasteiger partial charge in [0, 0.05) is 6.54 Å². The molecule has 2 heterocycles. The van der Waals surface area contributed by atoms with Crippen molar-refractivity contribution in [2.24, 2.45) is 5.84 Å². The Hall–Kier alpha value is -1.37. The standard InChI is InChI=1S/C13H21N3O3/c1-9-3-4-10(18-9)7-16(2)8-11-5-6-12(19-11)13(17)15-14/h3-4,11-12H,5-8,14H2,1-2H3,(H,15,17). The molecule has 1 aromatic heterocycles. The second-order valence-corrected chi connectivity index (χ2v) is 5.04. The number of nitrogens with two attached hydrogens (primary N) is 1. The lowest BCUT2D eigenvalue weighted by Crippen LogP contribution is -2.39. The third-order valence-corrected chi connectivity index (χ3v) is 3.28. The first-order valence-corrected chi connectivity index (χ1v) is 6.48. The Morgan fingerprint density at radius 1 is 1.53 bits per heavy atom. The number of hydrogen-bond acceptors (Lipinski definition) is 5. The lowest BCUT2D eigenvalue weighted by Gasteiger charge is -2.20. The molecule has 2 rings (SSSR count). The number of rotatable bonds is 5. The molecule has 1 saturated heterocycles. The Balaban J connectivity index is 1.77. The molecule has 0 aliphatic carbocycles. The van der Waals surface area contributed by atoms with Crippen LogP contribution in [0.2, 0.25) is 0 Å². The van der Waals surface area contributed by atoms with E-state index in [2.05, 4.69) is 10.3 Å². The van der Waals surface area contributed by atoms with Crippen molar-refractivity contribution >= 4 is 5.91 Å². The number of amides is 1. The van der Waals surface area contributed by atoms with Crippen molar-refractivity contribution in [3.8, 4) is 0 Å². The van der Waals surface area contributed by atoms with Crippen LogP contribution in [0.4, 0.5) is 0 Å². The van der Waals surface area contributed by atoms with Crippen molar-refractivity contribution < 1.29 is 13.9 Å². The molecule has 0 aromatic carbocycles. The Morgan fingerprint density at radius 2 is 2.32 bits per heavy atom. The Morgan fingerprint density at radius 3 is 2.95 bits per heavy atom. The number of ether oxygens (including phenoxy) is 1. The van der Waals surface area contributed by atoms with Gasteiger partial charge >= 0.3 is 0 Å². The average molecular weight is 267 g/mol. The summed E-state index contributed by atoms with van der Waals surface area (Å²) in [6.45, 7) is 3.44. The van der Waals surface area contributed by atoms with Crippen molar-refractivity contribution in [2.45, 2.75) is 38.5 Å². The van der Waals surface area contributed by atoms with Crippen molar-refractivity contribution in [2.75, 3.05) is 13.6 Å². The van der Waals surface area contributed by atoms with E-state index >= 15 is 0 Å². The zero-order chi connectivity index (χ0) is 13.8. The lowest BCUT2D eigenvalue weighted by molar-refractivity contribution is -0.132. The molecule has 2 unspecified atom stereocenters. The minimum Gasteiger partial charge on any atom is -0.465 e. The zero-order valence-electron chi connectivity index (χ0n) is 11.4. The van der Waals surface area contributed by atoms with Crippen LogP contribution in [0.3, 0.4) is 0 Å². The summed E-state index contributed by atoms with van der Waals surface area (Å²) in [5, 5.41) is 0. The number of carbonyl (C=O) groups excluding carboxylic acids is 1. The maximum Gasteiger partial charge on any atom is 0.263 e.